The van der Waals surface area contributed by atoms with Gasteiger partial charge in [0.1, 0.15) is 0 Å². The van der Waals surface area contributed by atoms with Gasteiger partial charge >= 0.3 is 0 Å². The van der Waals surface area contributed by atoms with Crippen LogP contribution in [0.25, 0.3) is 0 Å². The zero-order valence-corrected chi connectivity index (χ0v) is 8.04. The van der Waals surface area contributed by atoms with Gasteiger partial charge in [-0.2, -0.15) is 5.26 Å². The Morgan fingerprint density at radius 2 is 2.00 bits per heavy atom. The number of anilines is 1. The highest BCUT2D eigenvalue weighted by Crippen LogP contribution is 2.10. The Kier molecular flexibility index (Phi) is 2.96. The van der Waals surface area contributed by atoms with Crippen LogP contribution in [0.4, 0.5) is 5.69 Å². The molecule has 1 rings (SSSR count). The molecule has 0 spiro atoms. The van der Waals surface area contributed by atoms with E-state index in [-0.39, 0.29) is 0 Å². The van der Waals surface area contributed by atoms with Crippen molar-refractivity contribution in [1.82, 2.24) is 0 Å². The lowest BCUT2D eigenvalue weighted by Crippen LogP contribution is -2.16. The Balaban J connectivity index is 2.85. The minimum Gasteiger partial charge on any atom is -0.298 e. The molecule has 0 unspecified atom stereocenters. The summed E-state index contributed by atoms with van der Waals surface area (Å²) in [5.41, 5.74) is 0.886. The van der Waals surface area contributed by atoms with Crippen molar-refractivity contribution >= 4 is 25.8 Å². The van der Waals surface area contributed by atoms with Crippen LogP contribution in [0.5, 0.6) is 0 Å². The van der Waals surface area contributed by atoms with E-state index in [1.807, 2.05) is 36.5 Å². The summed E-state index contributed by atoms with van der Waals surface area (Å²) in [6, 6.07) is 9.44. The Bertz CT molecular complexity index is 257. The molecule has 0 heterocycles. The molecule has 0 N–H and O–H groups in total. The molecule has 0 saturated carbocycles. The van der Waals surface area contributed by atoms with Crippen LogP contribution in [0.2, 0.25) is 0 Å². The summed E-state index contributed by atoms with van der Waals surface area (Å²) in [5, 5.41) is 8.61. The van der Waals surface area contributed by atoms with E-state index in [2.05, 4.69) is 0 Å². The third-order valence-corrected chi connectivity index (χ3v) is 2.77. The van der Waals surface area contributed by atoms with Crippen molar-refractivity contribution in [3.63, 3.8) is 0 Å². The fraction of sp³-hybridized carbons (Fsp3) is 0. The normalized spacial score (nSPS) is 9.82. The molecular formula is C7H7ClN2Si. The topological polar surface area (TPSA) is 27.0 Å². The van der Waals surface area contributed by atoms with Gasteiger partial charge in [0.25, 0.3) is 0 Å². The van der Waals surface area contributed by atoms with Gasteiger partial charge in [-0.3, -0.25) is 4.57 Å². The standard InChI is InChI=1S/C7H7ClN2Si/c8-11-10(6-9)7-4-2-1-3-5-7/h1-5H,11H2. The van der Waals surface area contributed by atoms with E-state index < -0.39 is 8.99 Å². The lowest BCUT2D eigenvalue weighted by molar-refractivity contribution is 1.38. The van der Waals surface area contributed by atoms with E-state index in [4.69, 9.17) is 16.3 Å². The SMILES string of the molecule is N#CN([SiH2]Cl)c1ccccc1. The molecule has 1 aromatic rings. The van der Waals surface area contributed by atoms with Gasteiger partial charge in [0.15, 0.2) is 6.19 Å². The molecule has 0 aromatic heterocycles. The number of nitriles is 1. The van der Waals surface area contributed by atoms with E-state index in [0.717, 1.165) is 5.69 Å². The maximum Gasteiger partial charge on any atom is 0.241 e. The molecule has 0 amide bonds. The third kappa shape index (κ3) is 1.97. The number of hydrogen-bond donors (Lipinski definition) is 0. The number of hydrogen-bond acceptors (Lipinski definition) is 2. The van der Waals surface area contributed by atoms with Crippen molar-refractivity contribution in [3.05, 3.63) is 30.3 Å². The van der Waals surface area contributed by atoms with Crippen molar-refractivity contribution in [2.45, 2.75) is 0 Å². The van der Waals surface area contributed by atoms with Crippen LogP contribution in [0, 0.1) is 11.5 Å². The van der Waals surface area contributed by atoms with E-state index in [9.17, 15) is 0 Å². The summed E-state index contributed by atoms with van der Waals surface area (Å²) >= 11 is 5.64. The van der Waals surface area contributed by atoms with Crippen molar-refractivity contribution < 1.29 is 0 Å². The lowest BCUT2D eigenvalue weighted by Gasteiger charge is -2.10. The first-order valence-electron chi connectivity index (χ1n) is 3.16. The maximum absolute atomic E-state index is 8.61. The molecule has 4 heteroatoms. The van der Waals surface area contributed by atoms with Crippen molar-refractivity contribution in [2.75, 3.05) is 4.57 Å². The first-order chi connectivity index (χ1) is 5.38. The fourth-order valence-corrected chi connectivity index (χ4v) is 1.74. The van der Waals surface area contributed by atoms with Crippen molar-refractivity contribution in [2.24, 2.45) is 0 Å². The molecule has 0 aliphatic heterocycles. The number of benzene rings is 1. The monoisotopic (exact) mass is 182 g/mol. The lowest BCUT2D eigenvalue weighted by atomic mass is 10.3. The second-order valence-corrected chi connectivity index (χ2v) is 3.57. The molecule has 56 valence electrons. The highest BCUT2D eigenvalue weighted by molar-refractivity contribution is 6.96. The summed E-state index contributed by atoms with van der Waals surface area (Å²) in [7, 11) is -0.926. The zero-order valence-electron chi connectivity index (χ0n) is 5.87. The molecule has 0 aliphatic carbocycles. The fourth-order valence-electron chi connectivity index (χ4n) is 0.761. The van der Waals surface area contributed by atoms with Crippen molar-refractivity contribution in [1.29, 1.82) is 5.26 Å². The molecule has 1 aromatic carbocycles. The molecule has 0 radical (unpaired) electrons. The average molecular weight is 183 g/mol. The summed E-state index contributed by atoms with van der Waals surface area (Å²) < 4.78 is 1.54. The van der Waals surface area contributed by atoms with Crippen LogP contribution in [0.3, 0.4) is 0 Å². The van der Waals surface area contributed by atoms with Gasteiger partial charge < -0.3 is 0 Å². The molecule has 0 aliphatic rings. The van der Waals surface area contributed by atoms with E-state index in [0.29, 0.717) is 0 Å². The summed E-state index contributed by atoms with van der Waals surface area (Å²) in [6.45, 7) is 0. The van der Waals surface area contributed by atoms with E-state index >= 15 is 0 Å². The number of para-hydroxylation sites is 1. The summed E-state index contributed by atoms with van der Waals surface area (Å²) in [4.78, 5) is 0. The highest BCUT2D eigenvalue weighted by atomic mass is 35.6. The Morgan fingerprint density at radius 3 is 2.45 bits per heavy atom. The van der Waals surface area contributed by atoms with Crippen LogP contribution < -0.4 is 4.57 Å². The number of nitrogens with zero attached hydrogens (tertiary/aromatic N) is 2. The van der Waals surface area contributed by atoms with Crippen LogP contribution in [-0.4, -0.2) is 8.99 Å². The zero-order chi connectivity index (χ0) is 8.10. The van der Waals surface area contributed by atoms with Gasteiger partial charge in [-0.1, -0.05) is 18.2 Å². The van der Waals surface area contributed by atoms with Gasteiger partial charge in [-0.25, -0.2) is 0 Å². The average Bonchev–Trinajstić information content (AvgIpc) is 2.09. The van der Waals surface area contributed by atoms with Crippen LogP contribution in [0.1, 0.15) is 0 Å². The smallest absolute Gasteiger partial charge is 0.241 e. The minimum absolute atomic E-state index is 0.886. The largest absolute Gasteiger partial charge is 0.298 e. The summed E-state index contributed by atoms with van der Waals surface area (Å²) in [5.74, 6) is 0. The quantitative estimate of drug-likeness (QED) is 0.298. The molecule has 2 nitrogen and oxygen atoms in total. The predicted octanol–water partition coefficient (Wildman–Crippen LogP) is 1.21. The van der Waals surface area contributed by atoms with E-state index in [1.54, 1.807) is 4.57 Å². The first-order valence-corrected chi connectivity index (χ1v) is 5.94. The van der Waals surface area contributed by atoms with Crippen LogP contribution >= 0.6 is 11.1 Å². The van der Waals surface area contributed by atoms with Gasteiger partial charge in [-0.15, -0.1) is 11.1 Å². The maximum atomic E-state index is 8.61. The Morgan fingerprint density at radius 1 is 1.36 bits per heavy atom. The molecule has 0 saturated heterocycles. The number of halogens is 1. The molecule has 0 bridgehead atoms. The Labute approximate surface area is 72.6 Å². The minimum atomic E-state index is -0.926. The molecular weight excluding hydrogens is 176 g/mol. The molecule has 0 fully saturated rings. The molecule has 11 heavy (non-hydrogen) atoms. The van der Waals surface area contributed by atoms with Crippen LogP contribution in [0.15, 0.2) is 30.3 Å². The van der Waals surface area contributed by atoms with E-state index in [1.165, 1.54) is 0 Å². The first kappa shape index (κ1) is 8.12. The van der Waals surface area contributed by atoms with Gasteiger partial charge in [0.2, 0.25) is 8.99 Å². The van der Waals surface area contributed by atoms with Crippen LogP contribution in [-0.2, 0) is 0 Å². The van der Waals surface area contributed by atoms with Gasteiger partial charge in [0.05, 0.1) is 0 Å². The predicted molar refractivity (Wildman–Crippen MR) is 48.9 cm³/mol. The third-order valence-electron chi connectivity index (χ3n) is 1.31. The summed E-state index contributed by atoms with van der Waals surface area (Å²) in [6.07, 6.45) is 2.03. The number of rotatable bonds is 2. The van der Waals surface area contributed by atoms with Crippen molar-refractivity contribution in [3.8, 4) is 6.19 Å². The van der Waals surface area contributed by atoms with Gasteiger partial charge in [0, 0.05) is 5.69 Å². The second kappa shape index (κ2) is 4.01. The van der Waals surface area contributed by atoms with Gasteiger partial charge in [-0.05, 0) is 12.1 Å². The second-order valence-electron chi connectivity index (χ2n) is 1.98. The molecule has 0 atom stereocenters. The Hall–Kier alpha value is -0.983. The highest BCUT2D eigenvalue weighted by Gasteiger charge is 2.00.